The Balaban J connectivity index is 3.36. The van der Waals surface area contributed by atoms with E-state index in [1.54, 1.807) is 33.1 Å². The van der Waals surface area contributed by atoms with E-state index in [0.29, 0.717) is 21.5 Å². The van der Waals surface area contributed by atoms with Gasteiger partial charge < -0.3 is 15.2 Å². The zero-order valence-electron chi connectivity index (χ0n) is 10.3. The molecule has 0 aliphatic carbocycles. The summed E-state index contributed by atoms with van der Waals surface area (Å²) in [4.78, 5) is 12.1. The van der Waals surface area contributed by atoms with E-state index in [-0.39, 0.29) is 5.78 Å². The van der Waals surface area contributed by atoms with Gasteiger partial charge in [-0.05, 0) is 41.9 Å². The van der Waals surface area contributed by atoms with E-state index in [2.05, 4.69) is 15.9 Å². The molecule has 4 nitrogen and oxygen atoms in total. The quantitative estimate of drug-likeness (QED) is 0.868. The van der Waals surface area contributed by atoms with Crippen LogP contribution in [0, 0.1) is 0 Å². The summed E-state index contributed by atoms with van der Waals surface area (Å²) in [5.74, 6) is 0.860. The van der Waals surface area contributed by atoms with Gasteiger partial charge in [-0.3, -0.25) is 4.79 Å². The van der Waals surface area contributed by atoms with Gasteiger partial charge >= 0.3 is 0 Å². The van der Waals surface area contributed by atoms with Gasteiger partial charge in [0.05, 0.1) is 25.3 Å². The van der Waals surface area contributed by atoms with Crippen molar-refractivity contribution in [2.45, 2.75) is 19.4 Å². The van der Waals surface area contributed by atoms with Crippen molar-refractivity contribution in [3.8, 4) is 11.5 Å². The van der Waals surface area contributed by atoms with Crippen LogP contribution >= 0.6 is 15.9 Å². The van der Waals surface area contributed by atoms with Gasteiger partial charge in [0.1, 0.15) is 16.0 Å². The fourth-order valence-corrected chi connectivity index (χ4v) is 2.09. The van der Waals surface area contributed by atoms with E-state index < -0.39 is 5.54 Å². The summed E-state index contributed by atoms with van der Waals surface area (Å²) >= 11 is 3.34. The first-order chi connectivity index (χ1) is 7.82. The number of carbonyl (C=O) groups excluding carboxylic acids is 1. The van der Waals surface area contributed by atoms with Crippen LogP contribution in [-0.4, -0.2) is 25.5 Å². The van der Waals surface area contributed by atoms with E-state index in [1.165, 1.54) is 7.11 Å². The third-order valence-corrected chi connectivity index (χ3v) is 3.07. The number of nitrogens with two attached hydrogens (primary N) is 1. The SMILES string of the molecule is COc1ccc(C(=O)C(C)(C)N)c(OC)c1Br. The average molecular weight is 302 g/mol. The summed E-state index contributed by atoms with van der Waals surface area (Å²) < 4.78 is 11.0. The highest BCUT2D eigenvalue weighted by atomic mass is 79.9. The number of halogens is 1. The van der Waals surface area contributed by atoms with Gasteiger partial charge in [0.2, 0.25) is 0 Å². The predicted octanol–water partition coefficient (Wildman–Crippen LogP) is 2.39. The predicted molar refractivity (Wildman–Crippen MR) is 69.8 cm³/mol. The number of rotatable bonds is 4. The normalized spacial score (nSPS) is 11.2. The first-order valence-electron chi connectivity index (χ1n) is 5.07. The van der Waals surface area contributed by atoms with Gasteiger partial charge in [0.15, 0.2) is 5.78 Å². The highest BCUT2D eigenvalue weighted by molar-refractivity contribution is 9.10. The van der Waals surface area contributed by atoms with Crippen molar-refractivity contribution >= 4 is 21.7 Å². The molecule has 0 radical (unpaired) electrons. The molecule has 0 saturated carbocycles. The molecule has 0 fully saturated rings. The maximum absolute atomic E-state index is 12.1. The summed E-state index contributed by atoms with van der Waals surface area (Å²) in [5, 5.41) is 0. The molecular weight excluding hydrogens is 286 g/mol. The molecule has 0 unspecified atom stereocenters. The number of Topliss-reactive ketones (excluding diaryl/α,β-unsaturated/α-hetero) is 1. The molecule has 0 spiro atoms. The van der Waals surface area contributed by atoms with Crippen LogP contribution in [0.25, 0.3) is 0 Å². The Kier molecular flexibility index (Phi) is 4.16. The molecule has 0 bridgehead atoms. The summed E-state index contributed by atoms with van der Waals surface area (Å²) in [6.45, 7) is 3.32. The summed E-state index contributed by atoms with van der Waals surface area (Å²) in [7, 11) is 3.05. The zero-order valence-corrected chi connectivity index (χ0v) is 11.9. The summed E-state index contributed by atoms with van der Waals surface area (Å²) in [6.07, 6.45) is 0. The Morgan fingerprint density at radius 1 is 1.29 bits per heavy atom. The molecule has 0 amide bonds. The number of benzene rings is 1. The Bertz CT molecular complexity index is 438. The van der Waals surface area contributed by atoms with E-state index >= 15 is 0 Å². The second-order valence-corrected chi connectivity index (χ2v) is 5.01. The van der Waals surface area contributed by atoms with Crippen LogP contribution in [0.3, 0.4) is 0 Å². The minimum atomic E-state index is -0.943. The van der Waals surface area contributed by atoms with Crippen LogP contribution < -0.4 is 15.2 Å². The lowest BCUT2D eigenvalue weighted by molar-refractivity contribution is 0.0910. The molecule has 1 aromatic carbocycles. The minimum absolute atomic E-state index is 0.183. The van der Waals surface area contributed by atoms with Gasteiger partial charge in [-0.1, -0.05) is 0 Å². The molecule has 17 heavy (non-hydrogen) atoms. The Labute approximate surface area is 109 Å². The summed E-state index contributed by atoms with van der Waals surface area (Å²) in [6, 6.07) is 3.35. The first-order valence-corrected chi connectivity index (χ1v) is 5.86. The first kappa shape index (κ1) is 14.0. The maximum Gasteiger partial charge on any atom is 0.185 e. The van der Waals surface area contributed by atoms with Crippen molar-refractivity contribution < 1.29 is 14.3 Å². The Morgan fingerprint density at radius 3 is 2.29 bits per heavy atom. The highest BCUT2D eigenvalue weighted by Gasteiger charge is 2.28. The lowest BCUT2D eigenvalue weighted by Gasteiger charge is -2.20. The average Bonchev–Trinajstić information content (AvgIpc) is 2.26. The van der Waals surface area contributed by atoms with Crippen molar-refractivity contribution in [2.75, 3.05) is 14.2 Å². The van der Waals surface area contributed by atoms with Crippen molar-refractivity contribution in [1.29, 1.82) is 0 Å². The van der Waals surface area contributed by atoms with Gasteiger partial charge in [-0.2, -0.15) is 0 Å². The standard InChI is InChI=1S/C12H16BrNO3/c1-12(2,14)11(15)7-5-6-8(16-3)9(13)10(7)17-4/h5-6H,14H2,1-4H3. The molecule has 0 atom stereocenters. The van der Waals surface area contributed by atoms with Crippen molar-refractivity contribution in [2.24, 2.45) is 5.73 Å². The lowest BCUT2D eigenvalue weighted by atomic mass is 9.94. The van der Waals surface area contributed by atoms with Crippen LogP contribution in [0.15, 0.2) is 16.6 Å². The molecule has 94 valence electrons. The number of methoxy groups -OCH3 is 2. The topological polar surface area (TPSA) is 61.5 Å². The van der Waals surface area contributed by atoms with E-state index in [1.807, 2.05) is 0 Å². The second kappa shape index (κ2) is 5.06. The number of ketones is 1. The highest BCUT2D eigenvalue weighted by Crippen LogP contribution is 2.38. The zero-order chi connectivity index (χ0) is 13.2. The van der Waals surface area contributed by atoms with Gasteiger partial charge in [-0.15, -0.1) is 0 Å². The Hall–Kier alpha value is -1.07. The molecule has 1 rings (SSSR count). The molecule has 0 heterocycles. The third kappa shape index (κ3) is 2.79. The third-order valence-electron chi connectivity index (χ3n) is 2.32. The van der Waals surface area contributed by atoms with Crippen molar-refractivity contribution in [3.05, 3.63) is 22.2 Å². The smallest absolute Gasteiger partial charge is 0.185 e. The number of ether oxygens (including phenoxy) is 2. The molecule has 0 aliphatic rings. The van der Waals surface area contributed by atoms with Crippen LogP contribution in [0.1, 0.15) is 24.2 Å². The van der Waals surface area contributed by atoms with Gasteiger partial charge in [0, 0.05) is 0 Å². The van der Waals surface area contributed by atoms with E-state index in [9.17, 15) is 4.79 Å². The lowest BCUT2D eigenvalue weighted by Crippen LogP contribution is -2.41. The number of hydrogen-bond donors (Lipinski definition) is 1. The molecule has 0 aromatic heterocycles. The number of hydrogen-bond acceptors (Lipinski definition) is 4. The maximum atomic E-state index is 12.1. The Morgan fingerprint density at radius 2 is 1.88 bits per heavy atom. The van der Waals surface area contributed by atoms with Crippen LogP contribution in [0.5, 0.6) is 11.5 Å². The van der Waals surface area contributed by atoms with Gasteiger partial charge in [0.25, 0.3) is 0 Å². The second-order valence-electron chi connectivity index (χ2n) is 4.21. The van der Waals surface area contributed by atoms with Gasteiger partial charge in [-0.25, -0.2) is 0 Å². The fourth-order valence-electron chi connectivity index (χ4n) is 1.42. The van der Waals surface area contributed by atoms with Crippen LogP contribution in [0.4, 0.5) is 0 Å². The number of carbonyl (C=O) groups is 1. The molecule has 2 N–H and O–H groups in total. The molecule has 5 heteroatoms. The largest absolute Gasteiger partial charge is 0.495 e. The monoisotopic (exact) mass is 301 g/mol. The molecule has 0 saturated heterocycles. The van der Waals surface area contributed by atoms with E-state index in [4.69, 9.17) is 15.2 Å². The van der Waals surface area contributed by atoms with Crippen LogP contribution in [0.2, 0.25) is 0 Å². The van der Waals surface area contributed by atoms with Crippen molar-refractivity contribution in [3.63, 3.8) is 0 Å². The summed E-state index contributed by atoms with van der Waals surface area (Å²) in [5.41, 5.74) is 5.30. The molecule has 1 aromatic rings. The van der Waals surface area contributed by atoms with E-state index in [0.717, 1.165) is 0 Å². The molecular formula is C12H16BrNO3. The van der Waals surface area contributed by atoms with Crippen molar-refractivity contribution in [1.82, 2.24) is 0 Å². The van der Waals surface area contributed by atoms with Crippen LogP contribution in [-0.2, 0) is 0 Å². The fraction of sp³-hybridized carbons (Fsp3) is 0.417. The minimum Gasteiger partial charge on any atom is -0.495 e. The molecule has 0 aliphatic heterocycles.